The van der Waals surface area contributed by atoms with Gasteiger partial charge in [0.1, 0.15) is 0 Å². The van der Waals surface area contributed by atoms with Gasteiger partial charge < -0.3 is 9.47 Å². The highest BCUT2D eigenvalue weighted by molar-refractivity contribution is 6.12. The largest absolute Gasteiger partial charge is 0.309 e. The van der Waals surface area contributed by atoms with Crippen molar-refractivity contribution in [2.24, 2.45) is 0 Å². The normalized spacial score (nSPS) is 14.3. The molecule has 1 heterocycles. The van der Waals surface area contributed by atoms with Gasteiger partial charge in [-0.2, -0.15) is 0 Å². The lowest BCUT2D eigenvalue weighted by molar-refractivity contribution is 0.659. The summed E-state index contributed by atoms with van der Waals surface area (Å²) in [6, 6.07) is 72.4. The molecule has 2 aliphatic carbocycles. The SMILES string of the molecule is CC1(C)c2ccccc2-c2c(N(c3cc(-n4c5ccccc5c5ccccc54)c4cccc(-c5ccccc5)c4c3)c3cccc4c3C(C)(C)c3ccccc3-4)cccc21. The zero-order chi connectivity index (χ0) is 40.3. The minimum absolute atomic E-state index is 0.153. The third-order valence-electron chi connectivity index (χ3n) is 13.7. The van der Waals surface area contributed by atoms with Crippen LogP contribution in [0.5, 0.6) is 0 Å². The van der Waals surface area contributed by atoms with Crippen LogP contribution in [0.3, 0.4) is 0 Å². The summed E-state index contributed by atoms with van der Waals surface area (Å²) in [6.07, 6.45) is 0. The van der Waals surface area contributed by atoms with Crippen molar-refractivity contribution < 1.29 is 0 Å². The van der Waals surface area contributed by atoms with Gasteiger partial charge in [0, 0.05) is 38.2 Å². The Hall–Kier alpha value is -7.16. The van der Waals surface area contributed by atoms with E-state index in [1.807, 2.05) is 0 Å². The molecule has 0 N–H and O–H groups in total. The van der Waals surface area contributed by atoms with E-state index in [2.05, 4.69) is 231 Å². The number of para-hydroxylation sites is 2. The third kappa shape index (κ3) is 4.76. The van der Waals surface area contributed by atoms with E-state index in [0.717, 1.165) is 11.4 Å². The molecule has 286 valence electrons. The minimum Gasteiger partial charge on any atom is -0.309 e. The van der Waals surface area contributed by atoms with Crippen LogP contribution in [0.2, 0.25) is 0 Å². The standard InChI is InChI=1S/C58H44N2/c1-57(2)48-29-13-9-24-45(48)55-49(57)30-18-33-52(55)59(53-34-17-27-44-40-21-8-12-28-47(40)58(3,4)56(44)53)38-35-46-39(37-19-6-5-7-20-37)25-16-26-43(46)54(36-38)60-50-31-14-10-22-41(50)42-23-11-15-32-51(42)60/h5-36H,1-4H3. The van der Waals surface area contributed by atoms with Crippen LogP contribution in [0.25, 0.3) is 71.6 Å². The van der Waals surface area contributed by atoms with E-state index in [-0.39, 0.29) is 10.8 Å². The van der Waals surface area contributed by atoms with Crippen molar-refractivity contribution in [3.05, 3.63) is 216 Å². The van der Waals surface area contributed by atoms with Gasteiger partial charge in [-0.1, -0.05) is 185 Å². The van der Waals surface area contributed by atoms with Crippen molar-refractivity contribution in [1.29, 1.82) is 0 Å². The number of nitrogens with zero attached hydrogens (tertiary/aromatic N) is 2. The molecular weight excluding hydrogens is 725 g/mol. The first kappa shape index (κ1) is 34.8. The number of hydrogen-bond acceptors (Lipinski definition) is 1. The number of hydrogen-bond donors (Lipinski definition) is 0. The van der Waals surface area contributed by atoms with Crippen molar-refractivity contribution in [2.75, 3.05) is 4.90 Å². The molecule has 0 fully saturated rings. The summed E-state index contributed by atoms with van der Waals surface area (Å²) in [5.41, 5.74) is 19.8. The van der Waals surface area contributed by atoms with Gasteiger partial charge in [-0.15, -0.1) is 0 Å². The molecule has 0 unspecified atom stereocenters. The van der Waals surface area contributed by atoms with Crippen LogP contribution >= 0.6 is 0 Å². The lowest BCUT2D eigenvalue weighted by Gasteiger charge is -2.34. The second kappa shape index (κ2) is 12.7. The molecule has 0 aliphatic heterocycles. The molecule has 0 atom stereocenters. The van der Waals surface area contributed by atoms with E-state index in [4.69, 9.17) is 0 Å². The van der Waals surface area contributed by atoms with Crippen molar-refractivity contribution in [1.82, 2.24) is 4.57 Å². The Bertz CT molecular complexity index is 3330. The molecule has 12 rings (SSSR count). The molecule has 2 aliphatic rings. The van der Waals surface area contributed by atoms with E-state index in [9.17, 15) is 0 Å². The first-order chi connectivity index (χ1) is 29.3. The molecular formula is C58H44N2. The predicted octanol–water partition coefficient (Wildman–Crippen LogP) is 15.7. The Labute approximate surface area is 351 Å². The Kier molecular flexibility index (Phi) is 7.36. The minimum atomic E-state index is -0.238. The number of anilines is 3. The molecule has 1 aromatic heterocycles. The highest BCUT2D eigenvalue weighted by Gasteiger charge is 2.41. The topological polar surface area (TPSA) is 8.17 Å². The first-order valence-electron chi connectivity index (χ1n) is 21.2. The smallest absolute Gasteiger partial charge is 0.0561 e. The van der Waals surface area contributed by atoms with Crippen molar-refractivity contribution in [3.8, 4) is 39.1 Å². The summed E-state index contributed by atoms with van der Waals surface area (Å²) < 4.78 is 2.51. The third-order valence-corrected chi connectivity index (χ3v) is 13.7. The van der Waals surface area contributed by atoms with E-state index in [1.54, 1.807) is 0 Å². The van der Waals surface area contributed by atoms with Crippen LogP contribution in [-0.2, 0) is 10.8 Å². The average molecular weight is 769 g/mol. The number of rotatable bonds is 5. The Morgan fingerprint density at radius 3 is 1.67 bits per heavy atom. The van der Waals surface area contributed by atoms with Crippen LogP contribution in [0.4, 0.5) is 17.1 Å². The summed E-state index contributed by atoms with van der Waals surface area (Å²) in [6.45, 7) is 9.58. The van der Waals surface area contributed by atoms with Gasteiger partial charge in [-0.3, -0.25) is 0 Å². The van der Waals surface area contributed by atoms with E-state index < -0.39 is 0 Å². The number of aromatic nitrogens is 1. The lowest BCUT2D eigenvalue weighted by Crippen LogP contribution is -2.21. The van der Waals surface area contributed by atoms with Gasteiger partial charge in [0.15, 0.2) is 0 Å². The summed E-state index contributed by atoms with van der Waals surface area (Å²) in [7, 11) is 0. The molecule has 10 aromatic rings. The van der Waals surface area contributed by atoms with Crippen molar-refractivity contribution in [2.45, 2.75) is 38.5 Å². The second-order valence-electron chi connectivity index (χ2n) is 17.7. The molecule has 0 saturated carbocycles. The predicted molar refractivity (Wildman–Crippen MR) is 254 cm³/mol. The second-order valence-corrected chi connectivity index (χ2v) is 17.7. The van der Waals surface area contributed by atoms with E-state index in [1.165, 1.54) is 99.6 Å². The molecule has 9 aromatic carbocycles. The fourth-order valence-electron chi connectivity index (χ4n) is 11.1. The van der Waals surface area contributed by atoms with Crippen molar-refractivity contribution >= 4 is 49.6 Å². The van der Waals surface area contributed by atoms with E-state index >= 15 is 0 Å². The Morgan fingerprint density at radius 1 is 0.383 bits per heavy atom. The van der Waals surface area contributed by atoms with Crippen molar-refractivity contribution in [3.63, 3.8) is 0 Å². The summed E-state index contributed by atoms with van der Waals surface area (Å²) in [5, 5.41) is 4.93. The lowest BCUT2D eigenvalue weighted by atomic mass is 9.81. The van der Waals surface area contributed by atoms with Gasteiger partial charge >= 0.3 is 0 Å². The monoisotopic (exact) mass is 768 g/mol. The van der Waals surface area contributed by atoms with Crippen LogP contribution in [-0.4, -0.2) is 4.57 Å². The quantitative estimate of drug-likeness (QED) is 0.169. The van der Waals surface area contributed by atoms with Crippen LogP contribution in [0.1, 0.15) is 49.9 Å². The van der Waals surface area contributed by atoms with Crippen LogP contribution < -0.4 is 4.90 Å². The fourth-order valence-corrected chi connectivity index (χ4v) is 11.1. The first-order valence-corrected chi connectivity index (χ1v) is 21.2. The summed E-state index contributed by atoms with van der Waals surface area (Å²) in [5.74, 6) is 0. The maximum atomic E-state index is 2.61. The highest BCUT2D eigenvalue weighted by Crippen LogP contribution is 2.58. The summed E-state index contributed by atoms with van der Waals surface area (Å²) >= 11 is 0. The maximum absolute atomic E-state index is 2.61. The molecule has 2 nitrogen and oxygen atoms in total. The molecule has 60 heavy (non-hydrogen) atoms. The van der Waals surface area contributed by atoms with Gasteiger partial charge in [0.05, 0.1) is 28.1 Å². The Morgan fingerprint density at radius 2 is 0.917 bits per heavy atom. The molecule has 0 amide bonds. The Balaban J connectivity index is 1.25. The van der Waals surface area contributed by atoms with E-state index in [0.29, 0.717) is 0 Å². The molecule has 0 saturated heterocycles. The zero-order valence-electron chi connectivity index (χ0n) is 34.4. The molecule has 0 radical (unpaired) electrons. The molecule has 2 heteroatoms. The maximum Gasteiger partial charge on any atom is 0.0561 e. The van der Waals surface area contributed by atoms with Gasteiger partial charge in [0.2, 0.25) is 0 Å². The number of fused-ring (bicyclic) bond motifs is 10. The molecule has 0 spiro atoms. The number of benzene rings is 9. The summed E-state index contributed by atoms with van der Waals surface area (Å²) in [4.78, 5) is 2.61. The molecule has 0 bridgehead atoms. The highest BCUT2D eigenvalue weighted by atomic mass is 15.2. The fraction of sp³-hybridized carbons (Fsp3) is 0.103. The van der Waals surface area contributed by atoms with Crippen LogP contribution in [0.15, 0.2) is 194 Å². The van der Waals surface area contributed by atoms with Gasteiger partial charge in [-0.05, 0) is 91.9 Å². The van der Waals surface area contributed by atoms with Crippen LogP contribution in [0, 0.1) is 0 Å². The van der Waals surface area contributed by atoms with Gasteiger partial charge in [-0.25, -0.2) is 0 Å². The zero-order valence-corrected chi connectivity index (χ0v) is 34.4. The van der Waals surface area contributed by atoms with Gasteiger partial charge in [0.25, 0.3) is 0 Å². The average Bonchev–Trinajstić information content (AvgIpc) is 3.84.